The first-order valence-corrected chi connectivity index (χ1v) is 11.8. The van der Waals surface area contributed by atoms with Gasteiger partial charge < -0.3 is 14.8 Å². The Kier molecular flexibility index (Phi) is 7.38. The molecule has 0 radical (unpaired) electrons. The summed E-state index contributed by atoms with van der Waals surface area (Å²) in [6.45, 7) is 0.803. The topological polar surface area (TPSA) is 84.9 Å². The van der Waals surface area contributed by atoms with Gasteiger partial charge in [0.25, 0.3) is 0 Å². The van der Waals surface area contributed by atoms with Gasteiger partial charge in [0.1, 0.15) is 11.5 Å². The highest BCUT2D eigenvalue weighted by Gasteiger charge is 2.33. The number of amides is 1. The number of methoxy groups -OCH3 is 2. The van der Waals surface area contributed by atoms with E-state index in [-0.39, 0.29) is 23.9 Å². The van der Waals surface area contributed by atoms with Crippen LogP contribution in [-0.4, -0.2) is 45.9 Å². The van der Waals surface area contributed by atoms with Crippen molar-refractivity contribution in [3.8, 4) is 11.5 Å². The first-order valence-electron chi connectivity index (χ1n) is 9.60. The van der Waals surface area contributed by atoms with Crippen LogP contribution in [0.1, 0.15) is 18.4 Å². The third-order valence-electron chi connectivity index (χ3n) is 5.18. The standard InChI is InChI=1S/C21H25BrN2O5S/c1-28-19-6-3-7-20(29-2)18(19)13-23-21(25)15-5-4-12-24(14-15)30(26,27)17-10-8-16(22)9-11-17/h3,6-11,15H,4-5,12-14H2,1-2H3,(H,23,25). The van der Waals surface area contributed by atoms with Crippen molar-refractivity contribution in [1.82, 2.24) is 9.62 Å². The lowest BCUT2D eigenvalue weighted by molar-refractivity contribution is -0.126. The van der Waals surface area contributed by atoms with Crippen molar-refractivity contribution in [3.05, 3.63) is 52.5 Å². The van der Waals surface area contributed by atoms with Crippen molar-refractivity contribution >= 4 is 31.9 Å². The molecule has 1 unspecified atom stereocenters. The second kappa shape index (κ2) is 9.80. The summed E-state index contributed by atoms with van der Waals surface area (Å²) in [4.78, 5) is 13.0. The number of nitrogens with zero attached hydrogens (tertiary/aromatic N) is 1. The Hall–Kier alpha value is -2.10. The van der Waals surface area contributed by atoms with Gasteiger partial charge in [-0.2, -0.15) is 4.31 Å². The van der Waals surface area contributed by atoms with Crippen LogP contribution in [0.25, 0.3) is 0 Å². The Morgan fingerprint density at radius 1 is 1.13 bits per heavy atom. The van der Waals surface area contributed by atoms with E-state index in [1.54, 1.807) is 50.6 Å². The summed E-state index contributed by atoms with van der Waals surface area (Å²) < 4.78 is 38.8. The molecular formula is C21H25BrN2O5S. The summed E-state index contributed by atoms with van der Waals surface area (Å²) in [5.41, 5.74) is 0.742. The molecule has 2 aromatic carbocycles. The molecular weight excluding hydrogens is 472 g/mol. The highest BCUT2D eigenvalue weighted by Crippen LogP contribution is 2.29. The minimum absolute atomic E-state index is 0.160. The third-order valence-corrected chi connectivity index (χ3v) is 7.58. The van der Waals surface area contributed by atoms with Gasteiger partial charge in [-0.3, -0.25) is 4.79 Å². The number of rotatable bonds is 7. The molecule has 0 spiro atoms. The van der Waals surface area contributed by atoms with E-state index in [1.807, 2.05) is 6.07 Å². The van der Waals surface area contributed by atoms with Crippen molar-refractivity contribution < 1.29 is 22.7 Å². The molecule has 162 valence electrons. The van der Waals surface area contributed by atoms with Crippen LogP contribution in [-0.2, 0) is 21.4 Å². The number of benzene rings is 2. The molecule has 1 amide bonds. The molecule has 0 bridgehead atoms. The van der Waals surface area contributed by atoms with E-state index < -0.39 is 15.9 Å². The zero-order valence-corrected chi connectivity index (χ0v) is 19.3. The number of piperidine rings is 1. The molecule has 0 aromatic heterocycles. The number of hydrogen-bond donors (Lipinski definition) is 1. The molecule has 1 aliphatic heterocycles. The summed E-state index contributed by atoms with van der Waals surface area (Å²) in [5, 5.41) is 2.91. The SMILES string of the molecule is COc1cccc(OC)c1CNC(=O)C1CCCN(S(=O)(=O)c2ccc(Br)cc2)C1. The molecule has 1 heterocycles. The van der Waals surface area contributed by atoms with Crippen molar-refractivity contribution in [3.63, 3.8) is 0 Å². The summed E-state index contributed by atoms with van der Waals surface area (Å²) in [6, 6.07) is 11.9. The van der Waals surface area contributed by atoms with Crippen LogP contribution in [0.4, 0.5) is 0 Å². The molecule has 0 saturated carbocycles. The summed E-state index contributed by atoms with van der Waals surface area (Å²) in [7, 11) is -0.518. The van der Waals surface area contributed by atoms with Gasteiger partial charge in [-0.15, -0.1) is 0 Å². The Morgan fingerprint density at radius 2 is 1.77 bits per heavy atom. The lowest BCUT2D eigenvalue weighted by atomic mass is 9.98. The summed E-state index contributed by atoms with van der Waals surface area (Å²) in [6.07, 6.45) is 1.27. The first kappa shape index (κ1) is 22.6. The van der Waals surface area contributed by atoms with E-state index in [1.165, 1.54) is 4.31 Å². The number of hydrogen-bond acceptors (Lipinski definition) is 5. The molecule has 1 aliphatic rings. The monoisotopic (exact) mass is 496 g/mol. The maximum Gasteiger partial charge on any atom is 0.243 e. The van der Waals surface area contributed by atoms with Gasteiger partial charge in [0, 0.05) is 17.6 Å². The van der Waals surface area contributed by atoms with Crippen molar-refractivity contribution in [2.24, 2.45) is 5.92 Å². The molecule has 1 saturated heterocycles. The summed E-state index contributed by atoms with van der Waals surface area (Å²) >= 11 is 3.31. The van der Waals surface area contributed by atoms with E-state index in [4.69, 9.17) is 9.47 Å². The highest BCUT2D eigenvalue weighted by molar-refractivity contribution is 9.10. The number of carbonyl (C=O) groups excluding carboxylic acids is 1. The summed E-state index contributed by atoms with van der Waals surface area (Å²) in [5.74, 6) is 0.652. The van der Waals surface area contributed by atoms with Crippen LogP contribution in [0.5, 0.6) is 11.5 Å². The van der Waals surface area contributed by atoms with E-state index in [2.05, 4.69) is 21.2 Å². The lowest BCUT2D eigenvalue weighted by Gasteiger charge is -2.31. The Morgan fingerprint density at radius 3 is 2.37 bits per heavy atom. The van der Waals surface area contributed by atoms with Crippen LogP contribution in [0.2, 0.25) is 0 Å². The van der Waals surface area contributed by atoms with E-state index in [0.29, 0.717) is 30.9 Å². The van der Waals surface area contributed by atoms with Crippen molar-refractivity contribution in [1.29, 1.82) is 0 Å². The quantitative estimate of drug-likeness (QED) is 0.636. The molecule has 1 N–H and O–H groups in total. The zero-order chi connectivity index (χ0) is 21.7. The molecule has 30 heavy (non-hydrogen) atoms. The average molecular weight is 497 g/mol. The smallest absolute Gasteiger partial charge is 0.243 e. The molecule has 9 heteroatoms. The zero-order valence-electron chi connectivity index (χ0n) is 16.9. The Bertz CT molecular complexity index is 973. The highest BCUT2D eigenvalue weighted by atomic mass is 79.9. The van der Waals surface area contributed by atoms with Crippen LogP contribution in [0.3, 0.4) is 0 Å². The number of ether oxygens (including phenoxy) is 2. The Labute approximate surface area is 185 Å². The fraction of sp³-hybridized carbons (Fsp3) is 0.381. The normalized spacial score (nSPS) is 17.4. The second-order valence-corrected chi connectivity index (χ2v) is 9.87. The van der Waals surface area contributed by atoms with Crippen LogP contribution in [0, 0.1) is 5.92 Å². The number of halogens is 1. The molecule has 3 rings (SSSR count). The third kappa shape index (κ3) is 4.96. The van der Waals surface area contributed by atoms with E-state index in [0.717, 1.165) is 10.0 Å². The fourth-order valence-corrected chi connectivity index (χ4v) is 5.34. The van der Waals surface area contributed by atoms with Crippen LogP contribution in [0.15, 0.2) is 51.8 Å². The lowest BCUT2D eigenvalue weighted by Crippen LogP contribution is -2.45. The number of sulfonamides is 1. The van der Waals surface area contributed by atoms with Crippen LogP contribution >= 0.6 is 15.9 Å². The number of nitrogens with one attached hydrogen (secondary N) is 1. The van der Waals surface area contributed by atoms with E-state index in [9.17, 15) is 13.2 Å². The second-order valence-electron chi connectivity index (χ2n) is 7.02. The van der Waals surface area contributed by atoms with Gasteiger partial charge in [-0.05, 0) is 49.2 Å². The minimum Gasteiger partial charge on any atom is -0.496 e. The maximum atomic E-state index is 13.0. The largest absolute Gasteiger partial charge is 0.496 e. The predicted octanol–water partition coefficient (Wildman–Crippen LogP) is 3.18. The fourth-order valence-electron chi connectivity index (χ4n) is 3.55. The van der Waals surface area contributed by atoms with Crippen LogP contribution < -0.4 is 14.8 Å². The molecule has 1 fully saturated rings. The molecule has 1 atom stereocenters. The van der Waals surface area contributed by atoms with Crippen molar-refractivity contribution in [2.75, 3.05) is 27.3 Å². The van der Waals surface area contributed by atoms with Gasteiger partial charge in [0.05, 0.1) is 37.1 Å². The average Bonchev–Trinajstić information content (AvgIpc) is 2.77. The molecule has 7 nitrogen and oxygen atoms in total. The minimum atomic E-state index is -3.64. The van der Waals surface area contributed by atoms with Gasteiger partial charge in [-0.1, -0.05) is 22.0 Å². The molecule has 0 aliphatic carbocycles. The predicted molar refractivity (Wildman–Crippen MR) is 117 cm³/mol. The van der Waals surface area contributed by atoms with Gasteiger partial charge >= 0.3 is 0 Å². The number of carbonyl (C=O) groups is 1. The van der Waals surface area contributed by atoms with Gasteiger partial charge in [0.2, 0.25) is 15.9 Å². The van der Waals surface area contributed by atoms with Gasteiger partial charge in [0.15, 0.2) is 0 Å². The molecule has 2 aromatic rings. The maximum absolute atomic E-state index is 13.0. The van der Waals surface area contributed by atoms with Crippen molar-refractivity contribution in [2.45, 2.75) is 24.3 Å². The van der Waals surface area contributed by atoms with E-state index >= 15 is 0 Å². The first-order chi connectivity index (χ1) is 14.4. The Balaban J connectivity index is 1.69. The van der Waals surface area contributed by atoms with Gasteiger partial charge in [-0.25, -0.2) is 8.42 Å².